The summed E-state index contributed by atoms with van der Waals surface area (Å²) < 4.78 is 0. The van der Waals surface area contributed by atoms with E-state index in [4.69, 9.17) is 10.8 Å². The van der Waals surface area contributed by atoms with Gasteiger partial charge in [-0.3, -0.25) is 0 Å². The first-order chi connectivity index (χ1) is 5.95. The van der Waals surface area contributed by atoms with Crippen LogP contribution in [0.5, 0.6) is 0 Å². The molecule has 0 radical (unpaired) electrons. The number of thiazole rings is 1. The van der Waals surface area contributed by atoms with Gasteiger partial charge in [-0.2, -0.15) is 0 Å². The Hall–Kier alpha value is -0.450. The summed E-state index contributed by atoms with van der Waals surface area (Å²) in [7, 11) is 0. The predicted molar refractivity (Wildman–Crippen MR) is 54.8 cm³/mol. The molecule has 1 atom stereocenters. The fourth-order valence-electron chi connectivity index (χ4n) is 0.894. The summed E-state index contributed by atoms with van der Waals surface area (Å²) >= 11 is 1.60. The second-order valence-corrected chi connectivity index (χ2v) is 4.97. The fourth-order valence-corrected chi connectivity index (χ4v) is 1.87. The van der Waals surface area contributed by atoms with Crippen molar-refractivity contribution in [3.05, 3.63) is 16.1 Å². The molecule has 0 spiro atoms. The van der Waals surface area contributed by atoms with Gasteiger partial charge in [0.25, 0.3) is 0 Å². The van der Waals surface area contributed by atoms with Crippen LogP contribution in [0.15, 0.2) is 5.38 Å². The van der Waals surface area contributed by atoms with Crippen LogP contribution in [0.1, 0.15) is 37.5 Å². The monoisotopic (exact) mass is 200 g/mol. The van der Waals surface area contributed by atoms with Crippen molar-refractivity contribution < 1.29 is 5.11 Å². The summed E-state index contributed by atoms with van der Waals surface area (Å²) in [5.74, 6) is 0. The van der Waals surface area contributed by atoms with E-state index in [1.54, 1.807) is 11.3 Å². The molecule has 0 fully saturated rings. The highest BCUT2D eigenvalue weighted by Crippen LogP contribution is 2.26. The summed E-state index contributed by atoms with van der Waals surface area (Å²) in [6, 6.07) is -0.340. The zero-order chi connectivity index (χ0) is 10.1. The number of rotatable bonds is 2. The average molecular weight is 200 g/mol. The van der Waals surface area contributed by atoms with E-state index in [1.807, 2.05) is 5.38 Å². The summed E-state index contributed by atoms with van der Waals surface area (Å²) in [4.78, 5) is 4.39. The molecule has 0 bridgehead atoms. The van der Waals surface area contributed by atoms with E-state index in [0.29, 0.717) is 0 Å². The molecule has 3 nitrogen and oxygen atoms in total. The molecular weight excluding hydrogens is 184 g/mol. The van der Waals surface area contributed by atoms with Crippen LogP contribution in [0.2, 0.25) is 0 Å². The molecule has 0 saturated carbocycles. The van der Waals surface area contributed by atoms with E-state index < -0.39 is 0 Å². The quantitative estimate of drug-likeness (QED) is 0.759. The lowest BCUT2D eigenvalue weighted by atomic mass is 9.98. The molecule has 0 aromatic carbocycles. The smallest absolute Gasteiger partial charge is 0.0982 e. The molecule has 1 heterocycles. The van der Waals surface area contributed by atoms with Crippen molar-refractivity contribution in [1.82, 2.24) is 4.98 Å². The molecule has 13 heavy (non-hydrogen) atoms. The third kappa shape index (κ3) is 2.49. The summed E-state index contributed by atoms with van der Waals surface area (Å²) in [5, 5.41) is 11.8. The van der Waals surface area contributed by atoms with Gasteiger partial charge in [-0.05, 0) is 0 Å². The third-order valence-corrected chi connectivity index (χ3v) is 3.03. The van der Waals surface area contributed by atoms with Crippen LogP contribution in [0.25, 0.3) is 0 Å². The Kier molecular flexibility index (Phi) is 3.05. The minimum Gasteiger partial charge on any atom is -0.394 e. The second-order valence-electron chi connectivity index (χ2n) is 4.12. The van der Waals surface area contributed by atoms with Crippen molar-refractivity contribution in [2.24, 2.45) is 5.73 Å². The van der Waals surface area contributed by atoms with E-state index in [9.17, 15) is 0 Å². The van der Waals surface area contributed by atoms with Gasteiger partial charge < -0.3 is 10.8 Å². The van der Waals surface area contributed by atoms with E-state index in [0.717, 1.165) is 10.7 Å². The van der Waals surface area contributed by atoms with Crippen LogP contribution in [-0.2, 0) is 5.41 Å². The van der Waals surface area contributed by atoms with Crippen LogP contribution in [0.4, 0.5) is 0 Å². The molecule has 0 aliphatic carbocycles. The van der Waals surface area contributed by atoms with Gasteiger partial charge in [-0.25, -0.2) is 4.98 Å². The van der Waals surface area contributed by atoms with Crippen molar-refractivity contribution >= 4 is 11.3 Å². The Balaban J connectivity index is 2.87. The number of aromatic nitrogens is 1. The zero-order valence-corrected chi connectivity index (χ0v) is 9.06. The SMILES string of the molecule is CC(C)(C)c1nc(C(N)CO)cs1. The summed E-state index contributed by atoms with van der Waals surface area (Å²) in [6.45, 7) is 6.29. The van der Waals surface area contributed by atoms with Crippen molar-refractivity contribution in [2.75, 3.05) is 6.61 Å². The van der Waals surface area contributed by atoms with Crippen LogP contribution in [-0.4, -0.2) is 16.7 Å². The maximum atomic E-state index is 8.84. The number of hydrogen-bond donors (Lipinski definition) is 2. The van der Waals surface area contributed by atoms with Gasteiger partial charge in [-0.1, -0.05) is 20.8 Å². The third-order valence-electron chi connectivity index (χ3n) is 1.74. The average Bonchev–Trinajstić information content (AvgIpc) is 2.50. The normalized spacial score (nSPS) is 14.5. The largest absolute Gasteiger partial charge is 0.394 e. The second kappa shape index (κ2) is 3.74. The maximum absolute atomic E-state index is 8.84. The number of nitrogens with zero attached hydrogens (tertiary/aromatic N) is 1. The molecule has 1 aromatic rings. The molecule has 3 N–H and O–H groups in total. The number of aliphatic hydroxyl groups excluding tert-OH is 1. The number of aliphatic hydroxyl groups is 1. The van der Waals surface area contributed by atoms with Gasteiger partial charge in [0.1, 0.15) is 0 Å². The van der Waals surface area contributed by atoms with Crippen molar-refractivity contribution in [3.63, 3.8) is 0 Å². The Morgan fingerprint density at radius 2 is 2.23 bits per heavy atom. The van der Waals surface area contributed by atoms with Gasteiger partial charge in [0.15, 0.2) is 0 Å². The first-order valence-corrected chi connectivity index (χ1v) is 5.15. The highest BCUT2D eigenvalue weighted by Gasteiger charge is 2.19. The Labute approximate surface area is 82.6 Å². The van der Waals surface area contributed by atoms with Crippen molar-refractivity contribution in [3.8, 4) is 0 Å². The van der Waals surface area contributed by atoms with Crippen molar-refractivity contribution in [2.45, 2.75) is 32.2 Å². The molecule has 0 amide bonds. The van der Waals surface area contributed by atoms with Gasteiger partial charge in [0.2, 0.25) is 0 Å². The van der Waals surface area contributed by atoms with E-state index >= 15 is 0 Å². The van der Waals surface area contributed by atoms with Crippen LogP contribution >= 0.6 is 11.3 Å². The first-order valence-electron chi connectivity index (χ1n) is 4.27. The van der Waals surface area contributed by atoms with E-state index in [-0.39, 0.29) is 18.1 Å². The van der Waals surface area contributed by atoms with Crippen molar-refractivity contribution in [1.29, 1.82) is 0 Å². The molecule has 0 saturated heterocycles. The number of nitrogens with two attached hydrogens (primary N) is 1. The summed E-state index contributed by atoms with van der Waals surface area (Å²) in [6.07, 6.45) is 0. The highest BCUT2D eigenvalue weighted by atomic mass is 32.1. The molecule has 1 rings (SSSR count). The molecule has 74 valence electrons. The highest BCUT2D eigenvalue weighted by molar-refractivity contribution is 7.09. The van der Waals surface area contributed by atoms with Crippen LogP contribution in [0.3, 0.4) is 0 Å². The molecule has 1 aromatic heterocycles. The van der Waals surface area contributed by atoms with Gasteiger partial charge in [-0.15, -0.1) is 11.3 Å². The van der Waals surface area contributed by atoms with Crippen LogP contribution in [0, 0.1) is 0 Å². The predicted octanol–water partition coefficient (Wildman–Crippen LogP) is 1.43. The van der Waals surface area contributed by atoms with E-state index in [1.165, 1.54) is 0 Å². The lowest BCUT2D eigenvalue weighted by Crippen LogP contribution is -2.16. The molecule has 4 heteroatoms. The molecule has 1 unspecified atom stereocenters. The number of hydrogen-bond acceptors (Lipinski definition) is 4. The Bertz CT molecular complexity index is 277. The Morgan fingerprint density at radius 3 is 2.62 bits per heavy atom. The lowest BCUT2D eigenvalue weighted by molar-refractivity contribution is 0.266. The minimum atomic E-state index is -0.340. The molecule has 0 aliphatic rings. The summed E-state index contributed by atoms with van der Waals surface area (Å²) in [5.41, 5.74) is 6.50. The van der Waals surface area contributed by atoms with Gasteiger partial charge in [0, 0.05) is 10.8 Å². The van der Waals surface area contributed by atoms with Crippen LogP contribution < -0.4 is 5.73 Å². The van der Waals surface area contributed by atoms with Gasteiger partial charge in [0.05, 0.1) is 23.4 Å². The Morgan fingerprint density at radius 1 is 1.62 bits per heavy atom. The standard InChI is InChI=1S/C9H16N2OS/c1-9(2,3)8-11-7(5-13-8)6(10)4-12/h5-6,12H,4,10H2,1-3H3. The lowest BCUT2D eigenvalue weighted by Gasteiger charge is -2.13. The van der Waals surface area contributed by atoms with E-state index in [2.05, 4.69) is 25.8 Å². The first kappa shape index (κ1) is 10.6. The molecule has 0 aliphatic heterocycles. The topological polar surface area (TPSA) is 59.1 Å². The zero-order valence-electron chi connectivity index (χ0n) is 8.24. The molecular formula is C9H16N2OS. The van der Waals surface area contributed by atoms with Gasteiger partial charge >= 0.3 is 0 Å². The minimum absolute atomic E-state index is 0.0483. The maximum Gasteiger partial charge on any atom is 0.0982 e. The fraction of sp³-hybridized carbons (Fsp3) is 0.667.